The number of carbonyl (C=O) groups excluding carboxylic acids is 1. The second kappa shape index (κ2) is 7.34. The number of phenols is 1. The molecular formula is C17H14ClN3O2. The zero-order valence-electron chi connectivity index (χ0n) is 12.3. The maximum absolute atomic E-state index is 12.1. The van der Waals surface area contributed by atoms with Gasteiger partial charge in [-0.2, -0.15) is 5.26 Å². The summed E-state index contributed by atoms with van der Waals surface area (Å²) >= 11 is 5.79. The average molecular weight is 328 g/mol. The molecule has 0 unspecified atom stereocenters. The van der Waals surface area contributed by atoms with Crippen molar-refractivity contribution in [3.63, 3.8) is 0 Å². The number of nitriles is 1. The predicted octanol–water partition coefficient (Wildman–Crippen LogP) is 3.81. The van der Waals surface area contributed by atoms with E-state index >= 15 is 0 Å². The van der Waals surface area contributed by atoms with Crippen LogP contribution in [0.3, 0.4) is 0 Å². The van der Waals surface area contributed by atoms with Crippen LogP contribution >= 0.6 is 11.6 Å². The van der Waals surface area contributed by atoms with E-state index in [0.717, 1.165) is 0 Å². The number of halogens is 1. The van der Waals surface area contributed by atoms with Crippen molar-refractivity contribution >= 4 is 28.9 Å². The van der Waals surface area contributed by atoms with Gasteiger partial charge in [-0.1, -0.05) is 11.6 Å². The number of rotatable bonds is 4. The van der Waals surface area contributed by atoms with E-state index in [1.165, 1.54) is 18.3 Å². The number of carbonyl (C=O) groups is 1. The summed E-state index contributed by atoms with van der Waals surface area (Å²) in [6.45, 7) is 1.75. The molecule has 0 aromatic heterocycles. The number of nitrogens with one attached hydrogen (secondary N) is 2. The van der Waals surface area contributed by atoms with Gasteiger partial charge in [0.1, 0.15) is 17.4 Å². The van der Waals surface area contributed by atoms with E-state index in [1.54, 1.807) is 37.3 Å². The second-order valence-electron chi connectivity index (χ2n) is 4.77. The van der Waals surface area contributed by atoms with Gasteiger partial charge in [0.15, 0.2) is 0 Å². The summed E-state index contributed by atoms with van der Waals surface area (Å²) in [6.07, 6.45) is 1.33. The highest BCUT2D eigenvalue weighted by molar-refractivity contribution is 6.30. The van der Waals surface area contributed by atoms with E-state index in [2.05, 4.69) is 10.6 Å². The van der Waals surface area contributed by atoms with Gasteiger partial charge in [-0.15, -0.1) is 0 Å². The molecule has 2 aromatic carbocycles. The number of benzene rings is 2. The van der Waals surface area contributed by atoms with Crippen LogP contribution in [0.5, 0.6) is 5.75 Å². The van der Waals surface area contributed by atoms with Gasteiger partial charge in [-0.3, -0.25) is 4.79 Å². The lowest BCUT2D eigenvalue weighted by molar-refractivity contribution is -0.112. The third kappa shape index (κ3) is 4.50. The molecule has 0 aliphatic heterocycles. The number of hydrogen-bond donors (Lipinski definition) is 3. The summed E-state index contributed by atoms with van der Waals surface area (Å²) < 4.78 is 0. The summed E-state index contributed by atoms with van der Waals surface area (Å²) in [4.78, 5) is 12.1. The SMILES string of the molecule is Cc1cc(O)ccc1NC(=O)/C(C#N)=C\Nc1ccc(Cl)cc1. The molecule has 0 aliphatic carbocycles. The van der Waals surface area contributed by atoms with Crippen LogP contribution in [0.4, 0.5) is 11.4 Å². The van der Waals surface area contributed by atoms with E-state index in [0.29, 0.717) is 22.0 Å². The first kappa shape index (κ1) is 16.4. The first-order valence-corrected chi connectivity index (χ1v) is 7.11. The van der Waals surface area contributed by atoms with E-state index in [1.807, 2.05) is 6.07 Å². The number of nitrogens with zero attached hydrogens (tertiary/aromatic N) is 1. The van der Waals surface area contributed by atoms with E-state index < -0.39 is 5.91 Å². The molecule has 23 heavy (non-hydrogen) atoms. The van der Waals surface area contributed by atoms with Crippen molar-refractivity contribution in [1.29, 1.82) is 5.26 Å². The molecule has 3 N–H and O–H groups in total. The third-order valence-corrected chi connectivity index (χ3v) is 3.30. The molecule has 0 atom stereocenters. The number of phenolic OH excluding ortho intramolecular Hbond substituents is 1. The largest absolute Gasteiger partial charge is 0.508 e. The van der Waals surface area contributed by atoms with Crippen molar-refractivity contribution in [3.05, 3.63) is 64.8 Å². The van der Waals surface area contributed by atoms with E-state index in [4.69, 9.17) is 16.9 Å². The molecule has 0 heterocycles. The monoisotopic (exact) mass is 327 g/mol. The number of hydrogen-bond acceptors (Lipinski definition) is 4. The van der Waals surface area contributed by atoms with Crippen molar-refractivity contribution < 1.29 is 9.90 Å². The van der Waals surface area contributed by atoms with Crippen molar-refractivity contribution in [1.82, 2.24) is 0 Å². The van der Waals surface area contributed by atoms with Gasteiger partial charge < -0.3 is 15.7 Å². The fraction of sp³-hybridized carbons (Fsp3) is 0.0588. The minimum atomic E-state index is -0.539. The molecule has 2 aromatic rings. The molecule has 0 bridgehead atoms. The average Bonchev–Trinajstić information content (AvgIpc) is 2.52. The van der Waals surface area contributed by atoms with Crippen LogP contribution in [-0.4, -0.2) is 11.0 Å². The van der Waals surface area contributed by atoms with Crippen molar-refractivity contribution in [2.75, 3.05) is 10.6 Å². The van der Waals surface area contributed by atoms with Crippen LogP contribution in [0.2, 0.25) is 5.02 Å². The van der Waals surface area contributed by atoms with Crippen LogP contribution in [-0.2, 0) is 4.79 Å². The molecule has 0 saturated carbocycles. The van der Waals surface area contributed by atoms with Crippen LogP contribution < -0.4 is 10.6 Å². The second-order valence-corrected chi connectivity index (χ2v) is 5.21. The third-order valence-electron chi connectivity index (χ3n) is 3.05. The van der Waals surface area contributed by atoms with Crippen molar-refractivity contribution in [2.24, 2.45) is 0 Å². The predicted molar refractivity (Wildman–Crippen MR) is 90.2 cm³/mol. The molecular weight excluding hydrogens is 314 g/mol. The fourth-order valence-corrected chi connectivity index (χ4v) is 1.95. The molecule has 0 fully saturated rings. The zero-order chi connectivity index (χ0) is 16.8. The zero-order valence-corrected chi connectivity index (χ0v) is 13.1. The van der Waals surface area contributed by atoms with Gasteiger partial charge >= 0.3 is 0 Å². The Bertz CT molecular complexity index is 792. The number of anilines is 2. The van der Waals surface area contributed by atoms with Crippen LogP contribution in [0, 0.1) is 18.3 Å². The van der Waals surface area contributed by atoms with Crippen LogP contribution in [0.1, 0.15) is 5.56 Å². The topological polar surface area (TPSA) is 85.2 Å². The van der Waals surface area contributed by atoms with Crippen molar-refractivity contribution in [3.8, 4) is 11.8 Å². The smallest absolute Gasteiger partial charge is 0.267 e. The quantitative estimate of drug-likeness (QED) is 0.453. The summed E-state index contributed by atoms with van der Waals surface area (Å²) in [5.41, 5.74) is 1.85. The molecule has 0 aliphatic rings. The van der Waals surface area contributed by atoms with Gasteiger partial charge in [-0.25, -0.2) is 0 Å². The number of aryl methyl sites for hydroxylation is 1. The molecule has 0 spiro atoms. The van der Waals surface area contributed by atoms with Gasteiger partial charge in [-0.05, 0) is 55.0 Å². The van der Waals surface area contributed by atoms with E-state index in [9.17, 15) is 9.90 Å². The first-order valence-electron chi connectivity index (χ1n) is 6.73. The van der Waals surface area contributed by atoms with Gasteiger partial charge in [0, 0.05) is 22.6 Å². The Morgan fingerprint density at radius 1 is 1.26 bits per heavy atom. The number of aromatic hydroxyl groups is 1. The molecule has 5 nitrogen and oxygen atoms in total. The maximum atomic E-state index is 12.1. The molecule has 0 radical (unpaired) electrons. The Morgan fingerprint density at radius 2 is 1.96 bits per heavy atom. The summed E-state index contributed by atoms with van der Waals surface area (Å²) in [7, 11) is 0. The Morgan fingerprint density at radius 3 is 2.57 bits per heavy atom. The van der Waals surface area contributed by atoms with Gasteiger partial charge in [0.2, 0.25) is 0 Å². The highest BCUT2D eigenvalue weighted by Gasteiger charge is 2.10. The lowest BCUT2D eigenvalue weighted by Crippen LogP contribution is -2.15. The summed E-state index contributed by atoms with van der Waals surface area (Å²) in [5, 5.41) is 24.6. The maximum Gasteiger partial charge on any atom is 0.267 e. The van der Waals surface area contributed by atoms with E-state index in [-0.39, 0.29) is 11.3 Å². The molecule has 0 saturated heterocycles. The van der Waals surface area contributed by atoms with Crippen LogP contribution in [0.25, 0.3) is 0 Å². The Balaban J connectivity index is 2.10. The molecule has 116 valence electrons. The fourth-order valence-electron chi connectivity index (χ4n) is 1.83. The molecule has 2 rings (SSSR count). The number of amides is 1. The summed E-state index contributed by atoms with van der Waals surface area (Å²) in [6, 6.07) is 13.3. The Kier molecular flexibility index (Phi) is 5.23. The minimum Gasteiger partial charge on any atom is -0.508 e. The highest BCUT2D eigenvalue weighted by atomic mass is 35.5. The van der Waals surface area contributed by atoms with Gasteiger partial charge in [0.25, 0.3) is 5.91 Å². The Labute approximate surface area is 138 Å². The lowest BCUT2D eigenvalue weighted by atomic mass is 10.2. The molecule has 6 heteroatoms. The Hall–Kier alpha value is -2.97. The first-order chi connectivity index (χ1) is 11.0. The minimum absolute atomic E-state index is 0.0765. The highest BCUT2D eigenvalue weighted by Crippen LogP contribution is 2.20. The van der Waals surface area contributed by atoms with Crippen LogP contribution in [0.15, 0.2) is 54.2 Å². The summed E-state index contributed by atoms with van der Waals surface area (Å²) in [5.74, 6) is -0.427. The standard InChI is InChI=1S/C17H14ClN3O2/c1-11-8-15(22)6-7-16(11)21-17(23)12(9-19)10-20-14-4-2-13(18)3-5-14/h2-8,10,20,22H,1H3,(H,21,23)/b12-10-. The van der Waals surface area contributed by atoms with Crippen molar-refractivity contribution in [2.45, 2.75) is 6.92 Å². The normalized spacial score (nSPS) is 10.7. The van der Waals surface area contributed by atoms with Gasteiger partial charge in [0.05, 0.1) is 0 Å². The molecule has 1 amide bonds. The lowest BCUT2D eigenvalue weighted by Gasteiger charge is -2.08.